The van der Waals surface area contributed by atoms with Crippen molar-refractivity contribution < 1.29 is 14.3 Å². The van der Waals surface area contributed by atoms with E-state index in [0.29, 0.717) is 0 Å². The normalized spacial score (nSPS) is 16.7. The number of rotatable bonds is 5. The lowest BCUT2D eigenvalue weighted by Gasteiger charge is -2.21. The molecule has 0 unspecified atom stereocenters. The van der Waals surface area contributed by atoms with E-state index in [-0.39, 0.29) is 18.5 Å². The fraction of sp³-hybridized carbons (Fsp3) is 0.533. The summed E-state index contributed by atoms with van der Waals surface area (Å²) < 4.78 is 10.9. The maximum Gasteiger partial charge on any atom is 0.188 e. The Morgan fingerprint density at radius 2 is 1.94 bits per heavy atom. The summed E-state index contributed by atoms with van der Waals surface area (Å²) in [7, 11) is 0. The van der Waals surface area contributed by atoms with E-state index in [9.17, 15) is 4.79 Å². The van der Waals surface area contributed by atoms with Gasteiger partial charge in [-0.05, 0) is 24.8 Å². The van der Waals surface area contributed by atoms with Crippen LogP contribution in [-0.2, 0) is 15.9 Å². The SMILES string of the molecule is CCc1ccc(C(=O)COC2CCOCC2)cc1. The number of carbonyl (C=O) groups is 1. The van der Waals surface area contributed by atoms with E-state index in [2.05, 4.69) is 6.92 Å². The molecule has 1 aliphatic rings. The number of Topliss-reactive ketones (excluding diaryl/α,β-unsaturated/α-hetero) is 1. The number of ketones is 1. The average Bonchev–Trinajstić information content (AvgIpc) is 2.46. The molecule has 1 aliphatic heterocycles. The van der Waals surface area contributed by atoms with Gasteiger partial charge >= 0.3 is 0 Å². The Balaban J connectivity index is 1.82. The first-order valence-corrected chi connectivity index (χ1v) is 6.61. The number of ether oxygens (including phenoxy) is 2. The number of benzene rings is 1. The van der Waals surface area contributed by atoms with Crippen LogP contribution in [0, 0.1) is 0 Å². The van der Waals surface area contributed by atoms with Crippen molar-refractivity contribution in [2.75, 3.05) is 19.8 Å². The topological polar surface area (TPSA) is 35.5 Å². The zero-order valence-corrected chi connectivity index (χ0v) is 10.9. The fourth-order valence-corrected chi connectivity index (χ4v) is 2.05. The van der Waals surface area contributed by atoms with Crippen LogP contribution in [0.2, 0.25) is 0 Å². The molecule has 3 nitrogen and oxygen atoms in total. The summed E-state index contributed by atoms with van der Waals surface area (Å²) in [5, 5.41) is 0. The monoisotopic (exact) mass is 248 g/mol. The maximum atomic E-state index is 11.9. The molecular formula is C15H20O3. The third-order valence-electron chi connectivity index (χ3n) is 3.30. The maximum absolute atomic E-state index is 11.9. The Hall–Kier alpha value is -1.19. The van der Waals surface area contributed by atoms with Crippen LogP contribution in [0.15, 0.2) is 24.3 Å². The molecule has 0 atom stereocenters. The summed E-state index contributed by atoms with van der Waals surface area (Å²) in [5.41, 5.74) is 1.98. The third-order valence-corrected chi connectivity index (χ3v) is 3.30. The van der Waals surface area contributed by atoms with Gasteiger partial charge in [0.15, 0.2) is 5.78 Å². The van der Waals surface area contributed by atoms with Crippen molar-refractivity contribution in [2.24, 2.45) is 0 Å². The molecule has 1 fully saturated rings. The first-order valence-electron chi connectivity index (χ1n) is 6.61. The summed E-state index contributed by atoms with van der Waals surface area (Å²) in [6.07, 6.45) is 2.95. The standard InChI is InChI=1S/C15H20O3/c1-2-12-3-5-13(6-4-12)15(16)11-18-14-7-9-17-10-8-14/h3-6,14H,2,7-11H2,1H3. The minimum atomic E-state index is 0.0594. The summed E-state index contributed by atoms with van der Waals surface area (Å²) >= 11 is 0. The molecule has 0 saturated carbocycles. The molecule has 18 heavy (non-hydrogen) atoms. The second-order valence-corrected chi connectivity index (χ2v) is 4.60. The summed E-state index contributed by atoms with van der Waals surface area (Å²) in [6, 6.07) is 7.77. The molecule has 0 bridgehead atoms. The van der Waals surface area contributed by atoms with Crippen molar-refractivity contribution in [1.82, 2.24) is 0 Å². The van der Waals surface area contributed by atoms with Crippen molar-refractivity contribution in [3.05, 3.63) is 35.4 Å². The van der Waals surface area contributed by atoms with E-state index in [1.165, 1.54) is 5.56 Å². The van der Waals surface area contributed by atoms with Crippen LogP contribution in [-0.4, -0.2) is 31.7 Å². The van der Waals surface area contributed by atoms with Crippen molar-refractivity contribution in [3.63, 3.8) is 0 Å². The van der Waals surface area contributed by atoms with E-state index >= 15 is 0 Å². The van der Waals surface area contributed by atoms with Gasteiger partial charge in [0.05, 0.1) is 6.10 Å². The quantitative estimate of drug-likeness (QED) is 0.751. The van der Waals surface area contributed by atoms with Crippen LogP contribution in [0.25, 0.3) is 0 Å². The molecule has 1 aromatic carbocycles. The molecule has 0 amide bonds. The van der Waals surface area contributed by atoms with Gasteiger partial charge in [-0.25, -0.2) is 0 Å². The average molecular weight is 248 g/mol. The first-order chi connectivity index (χ1) is 8.79. The number of hydrogen-bond donors (Lipinski definition) is 0. The molecule has 0 N–H and O–H groups in total. The molecule has 0 aromatic heterocycles. The second-order valence-electron chi connectivity index (χ2n) is 4.60. The van der Waals surface area contributed by atoms with Gasteiger partial charge in [0, 0.05) is 18.8 Å². The minimum absolute atomic E-state index is 0.0594. The first kappa shape index (κ1) is 13.2. The predicted molar refractivity (Wildman–Crippen MR) is 69.9 cm³/mol. The van der Waals surface area contributed by atoms with Gasteiger partial charge in [-0.15, -0.1) is 0 Å². The highest BCUT2D eigenvalue weighted by atomic mass is 16.5. The fourth-order valence-electron chi connectivity index (χ4n) is 2.05. The van der Waals surface area contributed by atoms with Gasteiger partial charge in [0.25, 0.3) is 0 Å². The largest absolute Gasteiger partial charge is 0.381 e. The zero-order valence-electron chi connectivity index (χ0n) is 10.9. The van der Waals surface area contributed by atoms with Gasteiger partial charge in [-0.2, -0.15) is 0 Å². The molecule has 1 heterocycles. The van der Waals surface area contributed by atoms with Crippen molar-refractivity contribution in [1.29, 1.82) is 0 Å². The molecule has 0 aliphatic carbocycles. The van der Waals surface area contributed by atoms with Crippen LogP contribution >= 0.6 is 0 Å². The second kappa shape index (κ2) is 6.66. The number of aryl methyl sites for hydroxylation is 1. The Labute approximate surface area is 108 Å². The van der Waals surface area contributed by atoms with Crippen LogP contribution in [0.5, 0.6) is 0 Å². The van der Waals surface area contributed by atoms with Gasteiger partial charge < -0.3 is 9.47 Å². The zero-order chi connectivity index (χ0) is 12.8. The summed E-state index contributed by atoms with van der Waals surface area (Å²) in [5.74, 6) is 0.0594. The van der Waals surface area contributed by atoms with Gasteiger partial charge in [0.1, 0.15) is 6.61 Å². The van der Waals surface area contributed by atoms with E-state index in [1.807, 2.05) is 24.3 Å². The predicted octanol–water partition coefficient (Wildman–Crippen LogP) is 2.63. The highest BCUT2D eigenvalue weighted by Crippen LogP contribution is 2.12. The minimum Gasteiger partial charge on any atom is -0.381 e. The molecule has 98 valence electrons. The Morgan fingerprint density at radius 1 is 1.28 bits per heavy atom. The highest BCUT2D eigenvalue weighted by Gasteiger charge is 2.16. The smallest absolute Gasteiger partial charge is 0.188 e. The van der Waals surface area contributed by atoms with E-state index in [1.54, 1.807) is 0 Å². The molecule has 2 rings (SSSR count). The van der Waals surface area contributed by atoms with Crippen LogP contribution in [0.4, 0.5) is 0 Å². The Bertz CT molecular complexity index is 377. The molecule has 1 aromatic rings. The number of hydrogen-bond acceptors (Lipinski definition) is 3. The number of carbonyl (C=O) groups excluding carboxylic acids is 1. The van der Waals surface area contributed by atoms with E-state index in [4.69, 9.17) is 9.47 Å². The van der Waals surface area contributed by atoms with Crippen molar-refractivity contribution in [3.8, 4) is 0 Å². The molecule has 0 radical (unpaired) electrons. The lowest BCUT2D eigenvalue weighted by Crippen LogP contribution is -2.25. The van der Waals surface area contributed by atoms with Crippen LogP contribution in [0.1, 0.15) is 35.7 Å². The Morgan fingerprint density at radius 3 is 2.56 bits per heavy atom. The highest BCUT2D eigenvalue weighted by molar-refractivity contribution is 5.97. The van der Waals surface area contributed by atoms with Crippen molar-refractivity contribution >= 4 is 5.78 Å². The van der Waals surface area contributed by atoms with Crippen molar-refractivity contribution in [2.45, 2.75) is 32.3 Å². The lowest BCUT2D eigenvalue weighted by atomic mass is 10.1. The third kappa shape index (κ3) is 3.65. The molecular weight excluding hydrogens is 228 g/mol. The van der Waals surface area contributed by atoms with Crippen LogP contribution < -0.4 is 0 Å². The van der Waals surface area contributed by atoms with Gasteiger partial charge in [-0.3, -0.25) is 4.79 Å². The lowest BCUT2D eigenvalue weighted by molar-refractivity contribution is -0.0262. The summed E-state index contributed by atoms with van der Waals surface area (Å²) in [6.45, 7) is 3.76. The van der Waals surface area contributed by atoms with Gasteiger partial charge in [-0.1, -0.05) is 31.2 Å². The van der Waals surface area contributed by atoms with E-state index < -0.39 is 0 Å². The Kier molecular flexibility index (Phi) is 4.90. The van der Waals surface area contributed by atoms with E-state index in [0.717, 1.165) is 38.0 Å². The molecule has 3 heteroatoms. The molecule has 0 spiro atoms. The molecule has 1 saturated heterocycles. The van der Waals surface area contributed by atoms with Crippen LogP contribution in [0.3, 0.4) is 0 Å². The van der Waals surface area contributed by atoms with Gasteiger partial charge in [0.2, 0.25) is 0 Å². The summed E-state index contributed by atoms with van der Waals surface area (Å²) in [4.78, 5) is 11.9.